The normalized spacial score (nSPS) is 12.6. The molecule has 0 saturated heterocycles. The number of aromatic nitrogens is 2. The molecular formula is C11H12FN3O2. The van der Waals surface area contributed by atoms with E-state index in [0.717, 1.165) is 6.07 Å². The Kier molecular flexibility index (Phi) is 3.06. The minimum atomic E-state index is -0.721. The highest BCUT2D eigenvalue weighted by Crippen LogP contribution is 2.22. The van der Waals surface area contributed by atoms with Gasteiger partial charge in [-0.3, -0.25) is 0 Å². The number of rotatable bonds is 3. The number of aromatic hydroxyl groups is 1. The highest BCUT2D eigenvalue weighted by atomic mass is 19.1. The molecule has 0 aliphatic rings. The van der Waals surface area contributed by atoms with Gasteiger partial charge in [-0.1, -0.05) is 5.16 Å². The minimum absolute atomic E-state index is 0.0835. The third-order valence-corrected chi connectivity index (χ3v) is 2.17. The highest BCUT2D eigenvalue weighted by Gasteiger charge is 2.11. The van der Waals surface area contributed by atoms with Crippen molar-refractivity contribution in [1.82, 2.24) is 10.1 Å². The first-order valence-corrected chi connectivity index (χ1v) is 5.13. The van der Waals surface area contributed by atoms with Gasteiger partial charge in [0.25, 0.3) is 0 Å². The van der Waals surface area contributed by atoms with Crippen molar-refractivity contribution in [3.05, 3.63) is 29.9 Å². The maximum atomic E-state index is 13.1. The van der Waals surface area contributed by atoms with Gasteiger partial charge in [-0.15, -0.1) is 0 Å². The molecule has 1 aromatic carbocycles. The molecule has 0 radical (unpaired) electrons. The Balaban J connectivity index is 2.27. The van der Waals surface area contributed by atoms with Crippen LogP contribution in [0.1, 0.15) is 12.8 Å². The molecule has 2 aromatic rings. The van der Waals surface area contributed by atoms with Crippen LogP contribution in [-0.2, 0) is 6.42 Å². The molecule has 3 N–H and O–H groups in total. The van der Waals surface area contributed by atoms with E-state index in [1.165, 1.54) is 12.1 Å². The predicted molar refractivity (Wildman–Crippen MR) is 58.7 cm³/mol. The molecule has 1 atom stereocenters. The van der Waals surface area contributed by atoms with Crippen molar-refractivity contribution in [2.75, 3.05) is 0 Å². The van der Waals surface area contributed by atoms with Crippen molar-refractivity contribution in [2.24, 2.45) is 5.73 Å². The van der Waals surface area contributed by atoms with Crippen molar-refractivity contribution in [3.63, 3.8) is 0 Å². The van der Waals surface area contributed by atoms with Gasteiger partial charge in [0, 0.05) is 18.0 Å². The number of halogens is 1. The third-order valence-electron chi connectivity index (χ3n) is 2.17. The average Bonchev–Trinajstić information content (AvgIpc) is 2.69. The van der Waals surface area contributed by atoms with Crippen molar-refractivity contribution >= 4 is 0 Å². The summed E-state index contributed by atoms with van der Waals surface area (Å²) < 4.78 is 18.1. The lowest BCUT2D eigenvalue weighted by atomic mass is 10.2. The van der Waals surface area contributed by atoms with E-state index in [-0.39, 0.29) is 11.9 Å². The number of phenols is 1. The second-order valence-corrected chi connectivity index (χ2v) is 3.86. The van der Waals surface area contributed by atoms with E-state index < -0.39 is 11.6 Å². The molecule has 0 spiro atoms. The van der Waals surface area contributed by atoms with E-state index in [9.17, 15) is 4.39 Å². The highest BCUT2D eigenvalue weighted by molar-refractivity contribution is 5.55. The summed E-state index contributed by atoms with van der Waals surface area (Å²) in [6.45, 7) is 1.82. The van der Waals surface area contributed by atoms with Gasteiger partial charge in [-0.2, -0.15) is 4.98 Å². The quantitative estimate of drug-likeness (QED) is 0.844. The Morgan fingerprint density at radius 1 is 1.53 bits per heavy atom. The summed E-state index contributed by atoms with van der Waals surface area (Å²) in [5.74, 6) is -0.447. The fourth-order valence-electron chi connectivity index (χ4n) is 1.38. The van der Waals surface area contributed by atoms with Gasteiger partial charge >= 0.3 is 0 Å². The van der Waals surface area contributed by atoms with Crippen LogP contribution in [0.4, 0.5) is 4.39 Å². The molecule has 0 fully saturated rings. The van der Waals surface area contributed by atoms with Gasteiger partial charge in [0.05, 0.1) is 0 Å². The molecule has 6 heteroatoms. The summed E-state index contributed by atoms with van der Waals surface area (Å²) in [5.41, 5.74) is 6.04. The standard InChI is InChI=1S/C11H12FN3O2/c1-6(13)4-10-14-11(15-17-10)7-2-3-9(16)8(12)5-7/h2-3,5-6,16H,4,13H2,1H3. The number of hydrogen-bond donors (Lipinski definition) is 2. The predicted octanol–water partition coefficient (Wildman–Crippen LogP) is 1.47. The molecule has 1 aromatic heterocycles. The summed E-state index contributed by atoms with van der Waals surface area (Å²) >= 11 is 0. The zero-order valence-corrected chi connectivity index (χ0v) is 9.22. The van der Waals surface area contributed by atoms with E-state index in [0.29, 0.717) is 17.9 Å². The zero-order valence-electron chi connectivity index (χ0n) is 9.22. The Labute approximate surface area is 97.1 Å². The minimum Gasteiger partial charge on any atom is -0.505 e. The topological polar surface area (TPSA) is 85.2 Å². The fraction of sp³-hybridized carbons (Fsp3) is 0.273. The first-order chi connectivity index (χ1) is 8.06. The van der Waals surface area contributed by atoms with Gasteiger partial charge in [0.15, 0.2) is 11.6 Å². The molecule has 90 valence electrons. The maximum absolute atomic E-state index is 13.1. The van der Waals surface area contributed by atoms with Crippen LogP contribution in [0.15, 0.2) is 22.7 Å². The smallest absolute Gasteiger partial charge is 0.228 e. The van der Waals surface area contributed by atoms with Crippen molar-refractivity contribution < 1.29 is 14.0 Å². The second-order valence-electron chi connectivity index (χ2n) is 3.86. The van der Waals surface area contributed by atoms with Crippen LogP contribution in [0.25, 0.3) is 11.4 Å². The lowest BCUT2D eigenvalue weighted by Gasteiger charge is -1.98. The van der Waals surface area contributed by atoms with Gasteiger partial charge in [0.2, 0.25) is 11.7 Å². The average molecular weight is 237 g/mol. The SMILES string of the molecule is CC(N)Cc1nc(-c2ccc(O)c(F)c2)no1. The summed E-state index contributed by atoms with van der Waals surface area (Å²) in [5, 5.41) is 12.8. The van der Waals surface area contributed by atoms with Crippen LogP contribution < -0.4 is 5.73 Å². The van der Waals surface area contributed by atoms with Crippen LogP contribution >= 0.6 is 0 Å². The van der Waals surface area contributed by atoms with Gasteiger partial charge in [0.1, 0.15) is 0 Å². The third kappa shape index (κ3) is 2.59. The second kappa shape index (κ2) is 4.50. The number of nitrogens with two attached hydrogens (primary N) is 1. The zero-order chi connectivity index (χ0) is 12.4. The molecular weight excluding hydrogens is 225 g/mol. The number of nitrogens with zero attached hydrogens (tertiary/aromatic N) is 2. The Hall–Kier alpha value is -1.95. The molecule has 2 rings (SSSR count). The summed E-state index contributed by atoms with van der Waals surface area (Å²) in [6, 6.07) is 3.82. The molecule has 5 nitrogen and oxygen atoms in total. The molecule has 0 aliphatic heterocycles. The Morgan fingerprint density at radius 3 is 2.94 bits per heavy atom. The monoisotopic (exact) mass is 237 g/mol. The summed E-state index contributed by atoms with van der Waals surface area (Å²) in [4.78, 5) is 4.09. The number of benzene rings is 1. The van der Waals surface area contributed by atoms with Gasteiger partial charge in [-0.25, -0.2) is 4.39 Å². The van der Waals surface area contributed by atoms with Crippen LogP contribution in [0.3, 0.4) is 0 Å². The fourth-order valence-corrected chi connectivity index (χ4v) is 1.38. The summed E-state index contributed by atoms with van der Waals surface area (Å²) in [6.07, 6.45) is 0.466. The molecule has 0 amide bonds. The lowest BCUT2D eigenvalue weighted by Crippen LogP contribution is -2.17. The van der Waals surface area contributed by atoms with Crippen LogP contribution in [0.5, 0.6) is 5.75 Å². The molecule has 0 bridgehead atoms. The molecule has 1 unspecified atom stereocenters. The van der Waals surface area contributed by atoms with E-state index >= 15 is 0 Å². The summed E-state index contributed by atoms with van der Waals surface area (Å²) in [7, 11) is 0. The van der Waals surface area contributed by atoms with Gasteiger partial charge in [-0.05, 0) is 25.1 Å². The van der Waals surface area contributed by atoms with Crippen LogP contribution in [-0.4, -0.2) is 21.3 Å². The first kappa shape index (κ1) is 11.5. The lowest BCUT2D eigenvalue weighted by molar-refractivity contribution is 0.372. The molecule has 0 aliphatic carbocycles. The van der Waals surface area contributed by atoms with E-state index in [1.54, 1.807) is 0 Å². The van der Waals surface area contributed by atoms with E-state index in [2.05, 4.69) is 10.1 Å². The largest absolute Gasteiger partial charge is 0.505 e. The van der Waals surface area contributed by atoms with E-state index in [4.69, 9.17) is 15.4 Å². The van der Waals surface area contributed by atoms with E-state index in [1.807, 2.05) is 6.92 Å². The molecule has 1 heterocycles. The number of hydrogen-bond acceptors (Lipinski definition) is 5. The van der Waals surface area contributed by atoms with Crippen LogP contribution in [0, 0.1) is 5.82 Å². The van der Waals surface area contributed by atoms with Crippen molar-refractivity contribution in [1.29, 1.82) is 0 Å². The number of phenolic OH excluding ortho intramolecular Hbond substituents is 1. The molecule has 17 heavy (non-hydrogen) atoms. The van der Waals surface area contributed by atoms with Crippen molar-refractivity contribution in [2.45, 2.75) is 19.4 Å². The van der Waals surface area contributed by atoms with Crippen molar-refractivity contribution in [3.8, 4) is 17.1 Å². The Morgan fingerprint density at radius 2 is 2.29 bits per heavy atom. The Bertz CT molecular complexity index is 525. The first-order valence-electron chi connectivity index (χ1n) is 5.13. The van der Waals surface area contributed by atoms with Crippen LogP contribution in [0.2, 0.25) is 0 Å². The molecule has 0 saturated carbocycles. The maximum Gasteiger partial charge on any atom is 0.228 e. The van der Waals surface area contributed by atoms with Gasteiger partial charge < -0.3 is 15.4 Å².